The molecule has 1 aromatic carbocycles. The lowest BCUT2D eigenvalue weighted by atomic mass is 10.1. The fraction of sp³-hybridized carbons (Fsp3) is 0.250. The van der Waals surface area contributed by atoms with Crippen LogP contribution in [0.5, 0.6) is 11.5 Å². The molecule has 13 heavy (non-hydrogen) atoms. The summed E-state index contributed by atoms with van der Waals surface area (Å²) in [5.74, 6) is -0.379. The maximum atomic E-state index is 10.7. The first-order chi connectivity index (χ1) is 5.95. The molecule has 3 N–H and O–H groups in total. The molecule has 0 aliphatic heterocycles. The number of hydrogen-bond acceptors (Lipinski definition) is 3. The molecule has 1 aromatic rings. The number of rotatable bonds is 1. The Morgan fingerprint density at radius 3 is 2.23 bits per heavy atom. The van der Waals surface area contributed by atoms with Gasteiger partial charge in [-0.3, -0.25) is 0 Å². The summed E-state index contributed by atoms with van der Waals surface area (Å²) in [6, 6.07) is 1.29. The normalized spacial score (nSPS) is 12.8. The second-order valence-electron chi connectivity index (χ2n) is 2.76. The zero-order valence-corrected chi connectivity index (χ0v) is 8.05. The highest BCUT2D eigenvalue weighted by Crippen LogP contribution is 2.34. The first-order valence-electron chi connectivity index (χ1n) is 3.58. The topological polar surface area (TPSA) is 77.8 Å². The zero-order valence-electron chi connectivity index (χ0n) is 7.24. The van der Waals surface area contributed by atoms with Crippen LogP contribution in [0.4, 0.5) is 0 Å². The molecule has 0 saturated heterocycles. The van der Waals surface area contributed by atoms with Gasteiger partial charge in [0, 0.05) is 5.56 Å². The van der Waals surface area contributed by atoms with Crippen LogP contribution in [0, 0.1) is 13.8 Å². The second kappa shape index (κ2) is 3.35. The van der Waals surface area contributed by atoms with Gasteiger partial charge in [0.05, 0.1) is 0 Å². The van der Waals surface area contributed by atoms with Gasteiger partial charge < -0.3 is 14.8 Å². The second-order valence-corrected chi connectivity index (χ2v) is 3.70. The van der Waals surface area contributed by atoms with Crippen molar-refractivity contribution in [1.29, 1.82) is 0 Å². The van der Waals surface area contributed by atoms with Crippen molar-refractivity contribution in [3.05, 3.63) is 17.2 Å². The quantitative estimate of drug-likeness (QED) is 0.600. The van der Waals surface area contributed by atoms with Crippen LogP contribution in [0.1, 0.15) is 11.1 Å². The monoisotopic (exact) mass is 202 g/mol. The summed E-state index contributed by atoms with van der Waals surface area (Å²) in [5.41, 5.74) is 0.685. The summed E-state index contributed by atoms with van der Waals surface area (Å²) in [7, 11) is 0. The van der Waals surface area contributed by atoms with Crippen LogP contribution in [-0.4, -0.2) is 19.0 Å². The highest BCUT2D eigenvalue weighted by Gasteiger charge is 2.14. The average Bonchev–Trinajstić information content (AvgIpc) is 2.07. The van der Waals surface area contributed by atoms with Gasteiger partial charge in [-0.25, -0.2) is 4.21 Å². The minimum atomic E-state index is -2.23. The lowest BCUT2D eigenvalue weighted by Crippen LogP contribution is -1.93. The Bertz CT molecular complexity index is 373. The van der Waals surface area contributed by atoms with Gasteiger partial charge in [-0.05, 0) is 25.5 Å². The van der Waals surface area contributed by atoms with Crippen LogP contribution >= 0.6 is 0 Å². The van der Waals surface area contributed by atoms with Gasteiger partial charge in [0.2, 0.25) is 0 Å². The number of benzene rings is 1. The Kier molecular flexibility index (Phi) is 2.58. The molecular weight excluding hydrogens is 192 g/mol. The molecule has 0 spiro atoms. The molecule has 1 atom stereocenters. The van der Waals surface area contributed by atoms with E-state index in [1.165, 1.54) is 13.0 Å². The molecule has 0 aromatic heterocycles. The van der Waals surface area contributed by atoms with Gasteiger partial charge >= 0.3 is 0 Å². The van der Waals surface area contributed by atoms with Crippen LogP contribution in [0.15, 0.2) is 11.0 Å². The molecule has 0 radical (unpaired) electrons. The number of aryl methyl sites for hydroxylation is 1. The summed E-state index contributed by atoms with van der Waals surface area (Å²) >= 11 is -2.23. The number of hydrogen-bond donors (Lipinski definition) is 3. The van der Waals surface area contributed by atoms with Crippen molar-refractivity contribution in [1.82, 2.24) is 0 Å². The van der Waals surface area contributed by atoms with E-state index in [1.807, 2.05) is 0 Å². The van der Waals surface area contributed by atoms with Crippen molar-refractivity contribution in [3.8, 4) is 11.5 Å². The minimum Gasteiger partial charge on any atom is -0.507 e. The average molecular weight is 202 g/mol. The van der Waals surface area contributed by atoms with Crippen LogP contribution < -0.4 is 0 Å². The molecule has 0 heterocycles. The fourth-order valence-electron chi connectivity index (χ4n) is 1.06. The molecule has 0 fully saturated rings. The summed E-state index contributed by atoms with van der Waals surface area (Å²) in [5, 5.41) is 18.7. The third-order valence-corrected chi connectivity index (χ3v) is 2.54. The van der Waals surface area contributed by atoms with Gasteiger partial charge in [-0.2, -0.15) is 0 Å². The van der Waals surface area contributed by atoms with Crippen LogP contribution in [0.3, 0.4) is 0 Å². The number of phenolic OH excluding ortho intramolecular Hbond substituents is 2. The van der Waals surface area contributed by atoms with E-state index in [-0.39, 0.29) is 22.0 Å². The van der Waals surface area contributed by atoms with Crippen LogP contribution in [0.25, 0.3) is 0 Å². The van der Waals surface area contributed by atoms with E-state index in [4.69, 9.17) is 4.55 Å². The van der Waals surface area contributed by atoms with Gasteiger partial charge in [0.25, 0.3) is 0 Å². The van der Waals surface area contributed by atoms with E-state index in [1.54, 1.807) is 6.92 Å². The van der Waals surface area contributed by atoms with Gasteiger partial charge in [0.1, 0.15) is 16.4 Å². The molecule has 5 heteroatoms. The maximum Gasteiger partial charge on any atom is 0.190 e. The van der Waals surface area contributed by atoms with E-state index < -0.39 is 11.1 Å². The Labute approximate surface area is 78.1 Å². The minimum absolute atomic E-state index is 0.0494. The first kappa shape index (κ1) is 10.0. The van der Waals surface area contributed by atoms with Crippen LogP contribution in [-0.2, 0) is 11.1 Å². The lowest BCUT2D eigenvalue weighted by molar-refractivity contribution is 0.429. The molecule has 0 bridgehead atoms. The van der Waals surface area contributed by atoms with Crippen molar-refractivity contribution < 1.29 is 19.0 Å². The third kappa shape index (κ3) is 1.66. The first-order valence-corrected chi connectivity index (χ1v) is 4.68. The third-order valence-electron chi connectivity index (χ3n) is 1.85. The summed E-state index contributed by atoms with van der Waals surface area (Å²) in [4.78, 5) is -0.0761. The Hall–Kier alpha value is -1.07. The molecular formula is C8H10O4S. The summed E-state index contributed by atoms with van der Waals surface area (Å²) < 4.78 is 19.5. The Morgan fingerprint density at radius 2 is 1.77 bits per heavy atom. The maximum absolute atomic E-state index is 10.7. The molecule has 72 valence electrons. The zero-order chi connectivity index (χ0) is 10.2. The SMILES string of the molecule is Cc1cc(S(=O)O)c(O)c(C)c1O. The summed E-state index contributed by atoms with van der Waals surface area (Å²) in [6.45, 7) is 3.08. The molecule has 0 aliphatic rings. The Morgan fingerprint density at radius 1 is 1.23 bits per heavy atom. The van der Waals surface area contributed by atoms with Crippen molar-refractivity contribution in [2.24, 2.45) is 0 Å². The predicted octanol–water partition coefficient (Wildman–Crippen LogP) is 1.30. The molecule has 1 rings (SSSR count). The van der Waals surface area contributed by atoms with E-state index in [0.717, 1.165) is 0 Å². The summed E-state index contributed by atoms with van der Waals surface area (Å²) in [6.07, 6.45) is 0. The van der Waals surface area contributed by atoms with Crippen LogP contribution in [0.2, 0.25) is 0 Å². The number of aromatic hydroxyl groups is 2. The molecule has 0 amide bonds. The molecule has 0 saturated carbocycles. The van der Waals surface area contributed by atoms with Crippen molar-refractivity contribution in [3.63, 3.8) is 0 Å². The lowest BCUT2D eigenvalue weighted by Gasteiger charge is -2.08. The molecule has 1 unspecified atom stereocenters. The van der Waals surface area contributed by atoms with E-state index in [0.29, 0.717) is 5.56 Å². The van der Waals surface area contributed by atoms with Crippen molar-refractivity contribution in [2.75, 3.05) is 0 Å². The number of phenols is 2. The van der Waals surface area contributed by atoms with Gasteiger partial charge in [-0.15, -0.1) is 0 Å². The smallest absolute Gasteiger partial charge is 0.190 e. The standard InChI is InChI=1S/C8H10O4S/c1-4-3-6(13(11)12)8(10)5(2)7(4)9/h3,9-10H,1-2H3,(H,11,12). The fourth-order valence-corrected chi connectivity index (χ4v) is 1.66. The molecule has 0 aliphatic carbocycles. The Balaban J connectivity index is 3.50. The largest absolute Gasteiger partial charge is 0.507 e. The highest BCUT2D eigenvalue weighted by molar-refractivity contribution is 7.79. The molecule has 4 nitrogen and oxygen atoms in total. The van der Waals surface area contributed by atoms with Gasteiger partial charge in [-0.1, -0.05) is 0 Å². The highest BCUT2D eigenvalue weighted by atomic mass is 32.2. The van der Waals surface area contributed by atoms with Gasteiger partial charge in [0.15, 0.2) is 11.1 Å². The van der Waals surface area contributed by atoms with E-state index in [9.17, 15) is 14.4 Å². The van der Waals surface area contributed by atoms with Crippen molar-refractivity contribution >= 4 is 11.1 Å². The van der Waals surface area contributed by atoms with E-state index in [2.05, 4.69) is 0 Å². The predicted molar refractivity (Wildman–Crippen MR) is 48.3 cm³/mol. The van der Waals surface area contributed by atoms with E-state index >= 15 is 0 Å². The van der Waals surface area contributed by atoms with Crippen molar-refractivity contribution in [2.45, 2.75) is 18.7 Å².